The van der Waals surface area contributed by atoms with Gasteiger partial charge in [-0.2, -0.15) is 28.6 Å². The molecule has 1 amide bonds. The lowest BCUT2D eigenvalue weighted by atomic mass is 10.1. The van der Waals surface area contributed by atoms with Gasteiger partial charge in [-0.25, -0.2) is 4.68 Å². The minimum absolute atomic E-state index is 0.0426. The topological polar surface area (TPSA) is 46.9 Å². The van der Waals surface area contributed by atoms with Gasteiger partial charge in [-0.1, -0.05) is 23.2 Å². The van der Waals surface area contributed by atoms with Crippen molar-refractivity contribution >= 4 is 52.6 Å². The maximum atomic E-state index is 12.4. The maximum absolute atomic E-state index is 12.4. The van der Waals surface area contributed by atoms with Crippen molar-refractivity contribution in [2.45, 2.75) is 25.5 Å². The quantitative estimate of drug-likeness (QED) is 0.768. The molecule has 1 atom stereocenters. The lowest BCUT2D eigenvalue weighted by molar-refractivity contribution is -0.120. The van der Waals surface area contributed by atoms with Gasteiger partial charge in [-0.05, 0) is 32.0 Å². The summed E-state index contributed by atoms with van der Waals surface area (Å²) in [6, 6.07) is 5.41. The molecule has 8 heteroatoms. The zero-order valence-electron chi connectivity index (χ0n) is 14.7. The number of hydrogen-bond acceptors (Lipinski definition) is 4. The second-order valence-electron chi connectivity index (χ2n) is 6.21. The van der Waals surface area contributed by atoms with Crippen molar-refractivity contribution in [3.05, 3.63) is 45.2 Å². The lowest BCUT2D eigenvalue weighted by Crippen LogP contribution is -2.34. The first kappa shape index (κ1) is 19.9. The molecule has 1 aromatic heterocycles. The molecule has 0 spiro atoms. The minimum Gasteiger partial charge on any atom is -0.355 e. The number of amides is 1. The Morgan fingerprint density at radius 2 is 2.12 bits per heavy atom. The highest BCUT2D eigenvalue weighted by Crippen LogP contribution is 2.26. The van der Waals surface area contributed by atoms with Crippen LogP contribution in [0.5, 0.6) is 0 Å². The van der Waals surface area contributed by atoms with Crippen molar-refractivity contribution in [3.8, 4) is 5.69 Å². The summed E-state index contributed by atoms with van der Waals surface area (Å²) in [6.45, 7) is 4.63. The first-order chi connectivity index (χ1) is 12.5. The molecule has 3 rings (SSSR count). The highest BCUT2D eigenvalue weighted by Gasteiger charge is 2.18. The Bertz CT molecular complexity index is 804. The summed E-state index contributed by atoms with van der Waals surface area (Å²) >= 11 is 16.0. The standard InChI is InChI=1S/C18H21Cl2N3OS2/c1-11-15(8-18(24)21-9-14-10-25-5-6-26-14)12(2)23(22-11)13-3-4-16(19)17(20)7-13/h3-4,7,14H,5-6,8-10H2,1-2H3,(H,21,24). The van der Waals surface area contributed by atoms with Crippen molar-refractivity contribution in [1.82, 2.24) is 15.1 Å². The van der Waals surface area contributed by atoms with E-state index in [-0.39, 0.29) is 5.91 Å². The third kappa shape index (κ3) is 4.71. The van der Waals surface area contributed by atoms with Crippen LogP contribution in [-0.2, 0) is 11.2 Å². The summed E-state index contributed by atoms with van der Waals surface area (Å²) in [4.78, 5) is 12.4. The van der Waals surface area contributed by atoms with E-state index in [2.05, 4.69) is 10.4 Å². The number of carbonyl (C=O) groups excluding carboxylic acids is 1. The van der Waals surface area contributed by atoms with E-state index in [1.54, 1.807) is 12.1 Å². The highest BCUT2D eigenvalue weighted by atomic mass is 35.5. The van der Waals surface area contributed by atoms with Crippen LogP contribution in [0.1, 0.15) is 17.0 Å². The monoisotopic (exact) mass is 429 g/mol. The summed E-state index contributed by atoms with van der Waals surface area (Å²) in [7, 11) is 0. The Labute approximate surface area is 172 Å². The molecule has 0 aliphatic carbocycles. The SMILES string of the molecule is Cc1nn(-c2ccc(Cl)c(Cl)c2)c(C)c1CC(=O)NCC1CSCCS1. The molecule has 1 saturated heterocycles. The molecule has 1 fully saturated rings. The van der Waals surface area contributed by atoms with Crippen LogP contribution in [0, 0.1) is 13.8 Å². The molecule has 2 aromatic rings. The summed E-state index contributed by atoms with van der Waals surface area (Å²) in [5.74, 6) is 3.53. The number of carbonyl (C=O) groups is 1. The first-order valence-electron chi connectivity index (χ1n) is 8.42. The number of nitrogens with one attached hydrogen (secondary N) is 1. The van der Waals surface area contributed by atoms with Crippen molar-refractivity contribution in [2.24, 2.45) is 0 Å². The van der Waals surface area contributed by atoms with Crippen molar-refractivity contribution in [2.75, 3.05) is 23.8 Å². The van der Waals surface area contributed by atoms with Crippen molar-refractivity contribution in [3.63, 3.8) is 0 Å². The van der Waals surface area contributed by atoms with Crippen LogP contribution in [0.4, 0.5) is 0 Å². The molecular weight excluding hydrogens is 409 g/mol. The fraction of sp³-hybridized carbons (Fsp3) is 0.444. The second kappa shape index (κ2) is 8.91. The van der Waals surface area contributed by atoms with Gasteiger partial charge in [0.05, 0.1) is 27.8 Å². The molecule has 1 aromatic carbocycles. The van der Waals surface area contributed by atoms with E-state index < -0.39 is 0 Å². The fourth-order valence-corrected chi connectivity index (χ4v) is 5.81. The largest absolute Gasteiger partial charge is 0.355 e. The molecule has 1 aliphatic heterocycles. The van der Waals surface area contributed by atoms with Crippen LogP contribution >= 0.6 is 46.7 Å². The van der Waals surface area contributed by atoms with E-state index in [4.69, 9.17) is 23.2 Å². The number of aryl methyl sites for hydroxylation is 1. The average Bonchev–Trinajstić information content (AvgIpc) is 2.91. The van der Waals surface area contributed by atoms with Crippen LogP contribution in [-0.4, -0.2) is 44.7 Å². The Balaban J connectivity index is 1.69. The van der Waals surface area contributed by atoms with Crippen molar-refractivity contribution in [1.29, 1.82) is 0 Å². The number of hydrogen-bond donors (Lipinski definition) is 1. The van der Waals surface area contributed by atoms with Crippen LogP contribution in [0.15, 0.2) is 18.2 Å². The molecule has 0 radical (unpaired) electrons. The second-order valence-corrected chi connectivity index (χ2v) is 9.58. The Kier molecular flexibility index (Phi) is 6.83. The van der Waals surface area contributed by atoms with Gasteiger partial charge in [0.2, 0.25) is 5.91 Å². The van der Waals surface area contributed by atoms with Gasteiger partial charge in [0.15, 0.2) is 0 Å². The number of rotatable bonds is 5. The fourth-order valence-electron chi connectivity index (χ4n) is 2.90. The van der Waals surface area contributed by atoms with E-state index in [0.29, 0.717) is 21.7 Å². The summed E-state index contributed by atoms with van der Waals surface area (Å²) in [6.07, 6.45) is 0.337. The molecule has 1 unspecified atom stereocenters. The van der Waals surface area contributed by atoms with Gasteiger partial charge in [0.25, 0.3) is 0 Å². The van der Waals surface area contributed by atoms with Gasteiger partial charge in [-0.3, -0.25) is 4.79 Å². The predicted octanol–water partition coefficient (Wildman–Crippen LogP) is 4.30. The van der Waals surface area contributed by atoms with Gasteiger partial charge >= 0.3 is 0 Å². The van der Waals surface area contributed by atoms with Crippen LogP contribution in [0.3, 0.4) is 0 Å². The maximum Gasteiger partial charge on any atom is 0.224 e. The number of halogens is 2. The van der Waals surface area contributed by atoms with Crippen LogP contribution in [0.2, 0.25) is 10.0 Å². The minimum atomic E-state index is 0.0426. The molecular formula is C18H21Cl2N3OS2. The van der Waals surface area contributed by atoms with E-state index in [1.807, 2.05) is 48.1 Å². The van der Waals surface area contributed by atoms with Gasteiger partial charge in [-0.15, -0.1) is 0 Å². The van der Waals surface area contributed by atoms with E-state index in [9.17, 15) is 4.79 Å². The van der Waals surface area contributed by atoms with E-state index >= 15 is 0 Å². The van der Waals surface area contributed by atoms with Crippen LogP contribution in [0.25, 0.3) is 5.69 Å². The van der Waals surface area contributed by atoms with Crippen LogP contribution < -0.4 is 5.32 Å². The van der Waals surface area contributed by atoms with Gasteiger partial charge < -0.3 is 5.32 Å². The number of aromatic nitrogens is 2. The molecule has 26 heavy (non-hydrogen) atoms. The zero-order chi connectivity index (χ0) is 18.7. The summed E-state index contributed by atoms with van der Waals surface area (Å²) in [5.41, 5.74) is 3.59. The summed E-state index contributed by atoms with van der Waals surface area (Å²) < 4.78 is 1.81. The number of thioether (sulfide) groups is 2. The molecule has 140 valence electrons. The van der Waals surface area contributed by atoms with E-state index in [0.717, 1.165) is 34.9 Å². The Hall–Kier alpha value is -0.820. The van der Waals surface area contributed by atoms with Gasteiger partial charge in [0.1, 0.15) is 0 Å². The highest BCUT2D eigenvalue weighted by molar-refractivity contribution is 8.06. The Morgan fingerprint density at radius 3 is 2.81 bits per heavy atom. The number of nitrogens with zero attached hydrogens (tertiary/aromatic N) is 2. The first-order valence-corrected chi connectivity index (χ1v) is 11.4. The Morgan fingerprint density at radius 1 is 1.31 bits per heavy atom. The molecule has 1 aliphatic rings. The molecule has 1 N–H and O–H groups in total. The smallest absolute Gasteiger partial charge is 0.224 e. The summed E-state index contributed by atoms with van der Waals surface area (Å²) in [5, 5.41) is 9.16. The molecule has 0 saturated carbocycles. The van der Waals surface area contributed by atoms with Gasteiger partial charge in [0, 0.05) is 40.3 Å². The normalized spacial score (nSPS) is 17.3. The lowest BCUT2D eigenvalue weighted by Gasteiger charge is -2.21. The zero-order valence-corrected chi connectivity index (χ0v) is 17.9. The predicted molar refractivity (Wildman–Crippen MR) is 113 cm³/mol. The third-order valence-corrected chi connectivity index (χ3v) is 7.92. The molecule has 0 bridgehead atoms. The molecule has 4 nitrogen and oxygen atoms in total. The van der Waals surface area contributed by atoms with E-state index in [1.165, 1.54) is 11.5 Å². The average molecular weight is 430 g/mol. The molecule has 2 heterocycles. The number of benzene rings is 1. The van der Waals surface area contributed by atoms with Crippen molar-refractivity contribution < 1.29 is 4.79 Å². The third-order valence-electron chi connectivity index (χ3n) is 4.34.